The lowest BCUT2D eigenvalue weighted by molar-refractivity contribution is -0.123. The van der Waals surface area contributed by atoms with Crippen LogP contribution in [0.4, 0.5) is 0 Å². The highest BCUT2D eigenvalue weighted by molar-refractivity contribution is 5.76. The van der Waals surface area contributed by atoms with E-state index >= 15 is 0 Å². The summed E-state index contributed by atoms with van der Waals surface area (Å²) in [6.07, 6.45) is 61.8. The predicted octanol–water partition coefficient (Wildman–Crippen LogP) is 16.0. The molecule has 4 nitrogen and oxygen atoms in total. The van der Waals surface area contributed by atoms with Crippen LogP contribution >= 0.6 is 0 Å². The maximum absolute atomic E-state index is 12.4. The van der Waals surface area contributed by atoms with E-state index in [1.807, 2.05) is 6.08 Å². The largest absolute Gasteiger partial charge is 0.394 e. The first kappa shape index (κ1) is 53.9. The zero-order chi connectivity index (χ0) is 40.0. The molecule has 0 saturated carbocycles. The molecule has 4 heteroatoms. The number of hydrogen-bond acceptors (Lipinski definition) is 3. The minimum absolute atomic E-state index is 0.0613. The molecule has 0 bridgehead atoms. The highest BCUT2D eigenvalue weighted by Gasteiger charge is 2.18. The van der Waals surface area contributed by atoms with Gasteiger partial charge >= 0.3 is 0 Å². The molecule has 0 heterocycles. The summed E-state index contributed by atoms with van der Waals surface area (Å²) in [6, 6.07) is -0.618. The number of rotatable bonds is 46. The minimum Gasteiger partial charge on any atom is -0.394 e. The Morgan fingerprint density at radius 2 is 0.691 bits per heavy atom. The molecule has 0 aromatic rings. The van der Waals surface area contributed by atoms with Gasteiger partial charge < -0.3 is 15.5 Å². The van der Waals surface area contributed by atoms with Gasteiger partial charge in [-0.25, -0.2) is 0 Å². The lowest BCUT2D eigenvalue weighted by Gasteiger charge is -2.20. The van der Waals surface area contributed by atoms with Gasteiger partial charge in [-0.15, -0.1) is 0 Å². The van der Waals surface area contributed by atoms with Gasteiger partial charge in [0.2, 0.25) is 5.91 Å². The first-order valence-electron chi connectivity index (χ1n) is 25.1. The average Bonchev–Trinajstić information content (AvgIpc) is 3.19. The SMILES string of the molecule is CCCCCCCCCCCC/C=C/C(O)C(CO)NC(=O)CCCCCCCCCCCCCCCCC/C=C\CCCCCCCCCCCCCC. The Bertz CT molecular complexity index is 795. The molecule has 326 valence electrons. The van der Waals surface area contributed by atoms with E-state index in [2.05, 4.69) is 31.3 Å². The van der Waals surface area contributed by atoms with Crippen LogP contribution in [-0.4, -0.2) is 34.9 Å². The Morgan fingerprint density at radius 3 is 1.00 bits per heavy atom. The van der Waals surface area contributed by atoms with Crippen LogP contribution in [0.2, 0.25) is 0 Å². The summed E-state index contributed by atoms with van der Waals surface area (Å²) in [5.41, 5.74) is 0. The number of aliphatic hydroxyl groups is 2. The number of aliphatic hydroxyl groups excluding tert-OH is 2. The van der Waals surface area contributed by atoms with Gasteiger partial charge in [-0.2, -0.15) is 0 Å². The maximum atomic E-state index is 12.4. The molecule has 3 N–H and O–H groups in total. The van der Waals surface area contributed by atoms with Crippen LogP contribution in [-0.2, 0) is 4.79 Å². The van der Waals surface area contributed by atoms with Crippen molar-refractivity contribution >= 4 is 5.91 Å². The highest BCUT2D eigenvalue weighted by atomic mass is 16.3. The molecule has 0 aromatic heterocycles. The van der Waals surface area contributed by atoms with Crippen molar-refractivity contribution in [3.05, 3.63) is 24.3 Å². The molecule has 0 radical (unpaired) electrons. The summed E-state index contributed by atoms with van der Waals surface area (Å²) in [6.45, 7) is 4.32. The second kappa shape index (κ2) is 47.2. The Kier molecular flexibility index (Phi) is 46.3. The fourth-order valence-electron chi connectivity index (χ4n) is 7.82. The Morgan fingerprint density at radius 1 is 0.418 bits per heavy atom. The van der Waals surface area contributed by atoms with Gasteiger partial charge in [0.05, 0.1) is 18.8 Å². The summed E-state index contributed by atoms with van der Waals surface area (Å²) in [4.78, 5) is 12.4. The van der Waals surface area contributed by atoms with E-state index in [1.165, 1.54) is 231 Å². The van der Waals surface area contributed by atoms with Crippen molar-refractivity contribution < 1.29 is 15.0 Å². The second-order valence-electron chi connectivity index (χ2n) is 17.2. The van der Waals surface area contributed by atoms with Crippen LogP contribution < -0.4 is 5.32 Å². The lowest BCUT2D eigenvalue weighted by atomic mass is 10.0. The molecule has 0 spiro atoms. The zero-order valence-electron chi connectivity index (χ0n) is 37.5. The van der Waals surface area contributed by atoms with E-state index in [4.69, 9.17) is 0 Å². The van der Waals surface area contributed by atoms with Crippen LogP contribution in [0.25, 0.3) is 0 Å². The Balaban J connectivity index is 3.42. The van der Waals surface area contributed by atoms with Gasteiger partial charge in [-0.3, -0.25) is 4.79 Å². The zero-order valence-corrected chi connectivity index (χ0v) is 37.5. The number of hydrogen-bond donors (Lipinski definition) is 3. The summed E-state index contributed by atoms with van der Waals surface area (Å²) in [5.74, 6) is -0.0613. The Hall–Kier alpha value is -1.13. The molecule has 0 rings (SSSR count). The number of carbonyl (C=O) groups excluding carboxylic acids is 1. The van der Waals surface area contributed by atoms with E-state index in [9.17, 15) is 15.0 Å². The van der Waals surface area contributed by atoms with Crippen molar-refractivity contribution in [2.75, 3.05) is 6.61 Å². The average molecular weight is 774 g/mol. The molecular weight excluding hydrogens is 675 g/mol. The maximum Gasteiger partial charge on any atom is 0.220 e. The first-order chi connectivity index (χ1) is 27.2. The molecule has 0 aromatic carbocycles. The van der Waals surface area contributed by atoms with Crippen LogP contribution in [0.15, 0.2) is 24.3 Å². The molecule has 55 heavy (non-hydrogen) atoms. The van der Waals surface area contributed by atoms with E-state index < -0.39 is 12.1 Å². The van der Waals surface area contributed by atoms with Gasteiger partial charge in [-0.1, -0.05) is 250 Å². The molecule has 1 amide bonds. The molecule has 0 aliphatic heterocycles. The normalized spacial score (nSPS) is 13.0. The molecule has 2 atom stereocenters. The van der Waals surface area contributed by atoms with Gasteiger partial charge in [-0.05, 0) is 44.9 Å². The first-order valence-corrected chi connectivity index (χ1v) is 25.1. The molecule has 0 aliphatic carbocycles. The van der Waals surface area contributed by atoms with E-state index in [0.717, 1.165) is 25.7 Å². The van der Waals surface area contributed by atoms with Crippen LogP contribution in [0.5, 0.6) is 0 Å². The van der Waals surface area contributed by atoms with Crippen LogP contribution in [0.1, 0.15) is 277 Å². The number of allylic oxidation sites excluding steroid dienone is 3. The van der Waals surface area contributed by atoms with Gasteiger partial charge in [0.25, 0.3) is 0 Å². The highest BCUT2D eigenvalue weighted by Crippen LogP contribution is 2.16. The fraction of sp³-hybridized carbons (Fsp3) is 0.902. The fourth-order valence-corrected chi connectivity index (χ4v) is 7.82. The van der Waals surface area contributed by atoms with Crippen molar-refractivity contribution in [1.29, 1.82) is 0 Å². The molecule has 2 unspecified atom stereocenters. The smallest absolute Gasteiger partial charge is 0.220 e. The quantitative estimate of drug-likeness (QED) is 0.0426. The molecule has 0 fully saturated rings. The van der Waals surface area contributed by atoms with Gasteiger partial charge in [0.15, 0.2) is 0 Å². The third-order valence-electron chi connectivity index (χ3n) is 11.7. The number of carbonyl (C=O) groups is 1. The summed E-state index contributed by atoms with van der Waals surface area (Å²) >= 11 is 0. The summed E-state index contributed by atoms with van der Waals surface area (Å²) < 4.78 is 0. The Labute approximate surface area is 345 Å². The standard InChI is InChI=1S/C51H99NO3/c1-3-5-7-9-11-13-15-17-18-19-20-21-22-23-24-25-26-27-28-29-30-31-32-33-34-35-37-39-41-43-45-47-51(55)52-49(48-53)50(54)46-44-42-40-38-36-16-14-12-10-8-6-4-2/h23-24,44,46,49-50,53-54H,3-22,25-43,45,47-48H2,1-2H3,(H,52,55)/b24-23-,46-44+. The minimum atomic E-state index is -0.835. The summed E-state index contributed by atoms with van der Waals surface area (Å²) in [7, 11) is 0. The molecule has 0 saturated heterocycles. The van der Waals surface area contributed by atoms with Crippen molar-refractivity contribution in [2.45, 2.75) is 289 Å². The van der Waals surface area contributed by atoms with Crippen molar-refractivity contribution in [3.63, 3.8) is 0 Å². The van der Waals surface area contributed by atoms with Crippen LogP contribution in [0.3, 0.4) is 0 Å². The van der Waals surface area contributed by atoms with Gasteiger partial charge in [0, 0.05) is 6.42 Å². The monoisotopic (exact) mass is 774 g/mol. The second-order valence-corrected chi connectivity index (χ2v) is 17.2. The molecule has 0 aliphatic rings. The third-order valence-corrected chi connectivity index (χ3v) is 11.7. The third kappa shape index (κ3) is 43.8. The van der Waals surface area contributed by atoms with Crippen molar-refractivity contribution in [1.82, 2.24) is 5.32 Å². The topological polar surface area (TPSA) is 69.6 Å². The molecular formula is C51H99NO3. The van der Waals surface area contributed by atoms with E-state index in [1.54, 1.807) is 6.08 Å². The van der Waals surface area contributed by atoms with Crippen molar-refractivity contribution in [2.24, 2.45) is 0 Å². The van der Waals surface area contributed by atoms with E-state index in [-0.39, 0.29) is 12.5 Å². The predicted molar refractivity (Wildman–Crippen MR) is 244 cm³/mol. The van der Waals surface area contributed by atoms with Crippen molar-refractivity contribution in [3.8, 4) is 0 Å². The van der Waals surface area contributed by atoms with E-state index in [0.29, 0.717) is 6.42 Å². The number of amides is 1. The number of nitrogens with one attached hydrogen (secondary N) is 1. The van der Waals surface area contributed by atoms with Crippen LogP contribution in [0, 0.1) is 0 Å². The summed E-state index contributed by atoms with van der Waals surface area (Å²) in [5, 5.41) is 23.0. The van der Waals surface area contributed by atoms with Gasteiger partial charge in [0.1, 0.15) is 0 Å². The lowest BCUT2D eigenvalue weighted by Crippen LogP contribution is -2.45. The number of unbranched alkanes of at least 4 members (excludes halogenated alkanes) is 37.